The molecular formula is C28H31N5O2. The molecule has 0 radical (unpaired) electrons. The Kier molecular flexibility index (Phi) is 6.01. The number of nitrogens with one attached hydrogen (secondary N) is 1. The van der Waals surface area contributed by atoms with E-state index in [0.717, 1.165) is 52.3 Å². The lowest BCUT2D eigenvalue weighted by atomic mass is 10.1. The molecule has 35 heavy (non-hydrogen) atoms. The Morgan fingerprint density at radius 3 is 2.69 bits per heavy atom. The van der Waals surface area contributed by atoms with Gasteiger partial charge in [0.2, 0.25) is 0 Å². The minimum Gasteiger partial charge on any atom is -0.487 e. The van der Waals surface area contributed by atoms with Crippen LogP contribution in [0.4, 0.5) is 0 Å². The molecule has 1 fully saturated rings. The highest BCUT2D eigenvalue weighted by molar-refractivity contribution is 6.06. The topological polar surface area (TPSA) is 81.9 Å². The summed E-state index contributed by atoms with van der Waals surface area (Å²) in [5.74, 6) is 1.06. The number of aromatic nitrogens is 4. The molecule has 7 heteroatoms. The molecule has 180 valence electrons. The first-order chi connectivity index (χ1) is 16.8. The van der Waals surface area contributed by atoms with Gasteiger partial charge in [-0.25, -0.2) is 9.67 Å². The molecule has 7 nitrogen and oxygen atoms in total. The van der Waals surface area contributed by atoms with Gasteiger partial charge in [0, 0.05) is 24.4 Å². The molecule has 0 aliphatic heterocycles. The van der Waals surface area contributed by atoms with Crippen molar-refractivity contribution in [2.45, 2.75) is 65.1 Å². The summed E-state index contributed by atoms with van der Waals surface area (Å²) in [7, 11) is 0. The molecule has 0 atom stereocenters. The number of hydrogen-bond acceptors (Lipinski definition) is 5. The number of aryl methyl sites for hydroxylation is 1. The fourth-order valence-electron chi connectivity index (χ4n) is 4.21. The average molecular weight is 470 g/mol. The van der Waals surface area contributed by atoms with Gasteiger partial charge in [-0.3, -0.25) is 9.78 Å². The van der Waals surface area contributed by atoms with Gasteiger partial charge < -0.3 is 10.1 Å². The van der Waals surface area contributed by atoms with Crippen LogP contribution in [0.25, 0.3) is 11.0 Å². The van der Waals surface area contributed by atoms with E-state index < -0.39 is 0 Å². The molecule has 0 spiro atoms. The second kappa shape index (κ2) is 9.13. The van der Waals surface area contributed by atoms with Crippen LogP contribution < -0.4 is 10.1 Å². The van der Waals surface area contributed by atoms with Gasteiger partial charge in [0.05, 0.1) is 27.9 Å². The van der Waals surface area contributed by atoms with Crippen molar-refractivity contribution in [3.63, 3.8) is 0 Å². The summed E-state index contributed by atoms with van der Waals surface area (Å²) in [5.41, 5.74) is 4.84. The molecular weight excluding hydrogens is 438 g/mol. The molecule has 1 aliphatic carbocycles. The van der Waals surface area contributed by atoms with Gasteiger partial charge in [0.15, 0.2) is 5.65 Å². The molecule has 0 bridgehead atoms. The maximum absolute atomic E-state index is 13.4. The Balaban J connectivity index is 1.36. The second-order valence-electron chi connectivity index (χ2n) is 10.2. The van der Waals surface area contributed by atoms with Crippen molar-refractivity contribution in [1.29, 1.82) is 0 Å². The number of benzene rings is 1. The summed E-state index contributed by atoms with van der Waals surface area (Å²) in [6.45, 7) is 9.05. The predicted octanol–water partition coefficient (Wildman–Crippen LogP) is 5.28. The van der Waals surface area contributed by atoms with Crippen molar-refractivity contribution >= 4 is 16.9 Å². The molecule has 5 rings (SSSR count). The Labute approximate surface area is 205 Å². The van der Waals surface area contributed by atoms with E-state index in [2.05, 4.69) is 31.1 Å². The lowest BCUT2D eigenvalue weighted by Gasteiger charge is -2.20. The largest absolute Gasteiger partial charge is 0.487 e. The summed E-state index contributed by atoms with van der Waals surface area (Å²) in [5, 5.41) is 8.68. The maximum atomic E-state index is 13.4. The second-order valence-corrected chi connectivity index (χ2v) is 10.2. The minimum atomic E-state index is -0.231. The van der Waals surface area contributed by atoms with Gasteiger partial charge in [-0.2, -0.15) is 5.10 Å². The van der Waals surface area contributed by atoms with Crippen LogP contribution >= 0.6 is 0 Å². The average Bonchev–Trinajstić information content (AvgIpc) is 3.64. The molecule has 1 aromatic carbocycles. The molecule has 1 aliphatic rings. The van der Waals surface area contributed by atoms with Gasteiger partial charge in [-0.1, -0.05) is 18.2 Å². The van der Waals surface area contributed by atoms with Crippen molar-refractivity contribution in [3.8, 4) is 5.75 Å². The van der Waals surface area contributed by atoms with Gasteiger partial charge in [-0.15, -0.1) is 0 Å². The summed E-state index contributed by atoms with van der Waals surface area (Å²) in [6.07, 6.45) is 3.99. The Bertz CT molecular complexity index is 1370. The molecule has 3 aromatic heterocycles. The van der Waals surface area contributed by atoms with E-state index in [1.54, 1.807) is 6.20 Å². The maximum Gasteiger partial charge on any atom is 0.252 e. The van der Waals surface area contributed by atoms with Crippen LogP contribution in [0.15, 0.2) is 54.7 Å². The number of carbonyl (C=O) groups excluding carboxylic acids is 1. The van der Waals surface area contributed by atoms with Crippen molar-refractivity contribution < 1.29 is 9.53 Å². The van der Waals surface area contributed by atoms with Crippen molar-refractivity contribution in [1.82, 2.24) is 25.1 Å². The third kappa shape index (κ3) is 5.04. The number of hydrogen-bond donors (Lipinski definition) is 1. The van der Waals surface area contributed by atoms with Crippen molar-refractivity contribution in [3.05, 3.63) is 82.9 Å². The number of rotatable bonds is 7. The molecule has 1 saturated carbocycles. The van der Waals surface area contributed by atoms with Crippen molar-refractivity contribution in [2.75, 3.05) is 0 Å². The molecule has 0 unspecified atom stereocenters. The Hall–Kier alpha value is -3.74. The van der Waals surface area contributed by atoms with Crippen LogP contribution in [0, 0.1) is 6.92 Å². The quantitative estimate of drug-likeness (QED) is 0.398. The fraction of sp³-hybridized carbons (Fsp3) is 0.357. The van der Waals surface area contributed by atoms with E-state index in [-0.39, 0.29) is 11.4 Å². The molecule has 0 saturated heterocycles. The number of carbonyl (C=O) groups is 1. The van der Waals surface area contributed by atoms with Crippen molar-refractivity contribution in [2.24, 2.45) is 0 Å². The summed E-state index contributed by atoms with van der Waals surface area (Å²) < 4.78 is 7.83. The van der Waals surface area contributed by atoms with E-state index in [1.807, 2.05) is 60.1 Å². The highest BCUT2D eigenvalue weighted by Crippen LogP contribution is 2.41. The van der Waals surface area contributed by atoms with E-state index in [0.29, 0.717) is 24.6 Å². The van der Waals surface area contributed by atoms with E-state index >= 15 is 0 Å². The van der Waals surface area contributed by atoms with Crippen LogP contribution in [0.5, 0.6) is 5.75 Å². The zero-order chi connectivity index (χ0) is 24.6. The SMILES string of the molecule is Cc1nn(C(C)(C)C)c2nc(C3CC3)cc(C(=O)NCc3cccc(OCc4ccccn4)c3)c12. The van der Waals surface area contributed by atoms with E-state index in [9.17, 15) is 4.79 Å². The standard InChI is InChI=1S/C28H31N5O2/c1-18-25-23(15-24(20-11-12-20)31-26(25)33(32-18)28(2,3)4)27(34)30-16-19-8-7-10-22(14-19)35-17-21-9-5-6-13-29-21/h5-10,13-15,20H,11-12,16-17H2,1-4H3,(H,30,34). The Morgan fingerprint density at radius 2 is 1.97 bits per heavy atom. The third-order valence-corrected chi connectivity index (χ3v) is 6.17. The summed E-state index contributed by atoms with van der Waals surface area (Å²) in [6, 6.07) is 15.5. The highest BCUT2D eigenvalue weighted by atomic mass is 16.5. The third-order valence-electron chi connectivity index (χ3n) is 6.17. The number of amides is 1. The fourth-order valence-corrected chi connectivity index (χ4v) is 4.21. The monoisotopic (exact) mass is 469 g/mol. The van der Waals surface area contributed by atoms with Crippen LogP contribution in [-0.4, -0.2) is 25.7 Å². The van der Waals surface area contributed by atoms with Crippen LogP contribution in [0.2, 0.25) is 0 Å². The molecule has 4 aromatic rings. The number of nitrogens with zero attached hydrogens (tertiary/aromatic N) is 4. The number of pyridine rings is 2. The summed E-state index contributed by atoms with van der Waals surface area (Å²) in [4.78, 5) is 22.6. The van der Waals surface area contributed by atoms with Gasteiger partial charge in [0.25, 0.3) is 5.91 Å². The first-order valence-corrected chi connectivity index (χ1v) is 12.1. The molecule has 1 amide bonds. The van der Waals surface area contributed by atoms with Gasteiger partial charge >= 0.3 is 0 Å². The van der Waals surface area contributed by atoms with E-state index in [1.165, 1.54) is 0 Å². The minimum absolute atomic E-state index is 0.115. The summed E-state index contributed by atoms with van der Waals surface area (Å²) >= 11 is 0. The van der Waals surface area contributed by atoms with Crippen LogP contribution in [-0.2, 0) is 18.7 Å². The lowest BCUT2D eigenvalue weighted by Crippen LogP contribution is -2.25. The molecule has 3 heterocycles. The van der Waals surface area contributed by atoms with Gasteiger partial charge in [-0.05, 0) is 76.4 Å². The smallest absolute Gasteiger partial charge is 0.252 e. The lowest BCUT2D eigenvalue weighted by molar-refractivity contribution is 0.0952. The highest BCUT2D eigenvalue weighted by Gasteiger charge is 2.30. The first-order valence-electron chi connectivity index (χ1n) is 12.1. The zero-order valence-corrected chi connectivity index (χ0v) is 20.7. The normalized spacial score (nSPS) is 13.7. The first kappa shape index (κ1) is 23.0. The Morgan fingerprint density at radius 1 is 1.14 bits per heavy atom. The van der Waals surface area contributed by atoms with Gasteiger partial charge in [0.1, 0.15) is 12.4 Å². The van der Waals surface area contributed by atoms with E-state index in [4.69, 9.17) is 14.8 Å². The number of fused-ring (bicyclic) bond motifs is 1. The number of ether oxygens (including phenoxy) is 1. The van der Waals surface area contributed by atoms with Crippen LogP contribution in [0.3, 0.4) is 0 Å². The molecule has 1 N–H and O–H groups in total. The van der Waals surface area contributed by atoms with Crippen LogP contribution in [0.1, 0.15) is 72.5 Å². The predicted molar refractivity (Wildman–Crippen MR) is 135 cm³/mol. The zero-order valence-electron chi connectivity index (χ0n) is 20.7.